The van der Waals surface area contributed by atoms with Gasteiger partial charge in [0.15, 0.2) is 0 Å². The molecule has 1 aromatic heterocycles. The van der Waals surface area contributed by atoms with E-state index < -0.39 is 0 Å². The predicted molar refractivity (Wildman–Crippen MR) is 80.5 cm³/mol. The molecule has 0 amide bonds. The summed E-state index contributed by atoms with van der Waals surface area (Å²) in [6.45, 7) is 6.32. The molecule has 6 heteroatoms. The second-order valence-electron chi connectivity index (χ2n) is 6.55. The maximum absolute atomic E-state index is 5.78. The number of nitrogens with one attached hydrogen (secondary N) is 2. The molecule has 0 aromatic carbocycles. The standard InChI is InChI=1S/C15H25N5O/c1-2-13-11(5-7-21-13)14-17-15(19-18-14)20-6-3-4-10-8-16-9-12(10)20/h10-13,16H,2-9H2,1H3,(H,17,18,19). The summed E-state index contributed by atoms with van der Waals surface area (Å²) in [5.74, 6) is 3.06. The lowest BCUT2D eigenvalue weighted by Crippen LogP contribution is -2.45. The van der Waals surface area contributed by atoms with Crippen LogP contribution in [0.4, 0.5) is 5.95 Å². The first kappa shape index (κ1) is 13.5. The highest BCUT2D eigenvalue weighted by molar-refractivity contribution is 5.34. The smallest absolute Gasteiger partial charge is 0.245 e. The van der Waals surface area contributed by atoms with Gasteiger partial charge in [-0.25, -0.2) is 0 Å². The molecule has 4 unspecified atom stereocenters. The maximum Gasteiger partial charge on any atom is 0.245 e. The molecule has 3 aliphatic rings. The second-order valence-corrected chi connectivity index (χ2v) is 6.55. The Labute approximate surface area is 125 Å². The molecule has 21 heavy (non-hydrogen) atoms. The number of piperidine rings is 1. The summed E-state index contributed by atoms with van der Waals surface area (Å²) in [6.07, 6.45) is 4.98. The quantitative estimate of drug-likeness (QED) is 0.878. The molecule has 4 atom stereocenters. The summed E-state index contributed by atoms with van der Waals surface area (Å²) in [5.41, 5.74) is 0. The molecule has 2 N–H and O–H groups in total. The number of hydrogen-bond acceptors (Lipinski definition) is 5. The Bertz CT molecular complexity index is 490. The van der Waals surface area contributed by atoms with Crippen molar-refractivity contribution in [2.24, 2.45) is 5.92 Å². The zero-order valence-corrected chi connectivity index (χ0v) is 12.7. The van der Waals surface area contributed by atoms with E-state index in [-0.39, 0.29) is 0 Å². The number of aromatic nitrogens is 3. The minimum absolute atomic E-state index is 0.299. The molecule has 0 radical (unpaired) electrons. The number of aromatic amines is 1. The molecule has 3 aliphatic heterocycles. The Balaban J connectivity index is 1.54. The van der Waals surface area contributed by atoms with E-state index in [4.69, 9.17) is 9.72 Å². The van der Waals surface area contributed by atoms with E-state index in [0.717, 1.165) is 56.8 Å². The van der Waals surface area contributed by atoms with Gasteiger partial charge >= 0.3 is 0 Å². The topological polar surface area (TPSA) is 66.1 Å². The lowest BCUT2D eigenvalue weighted by molar-refractivity contribution is 0.0994. The van der Waals surface area contributed by atoms with Crippen molar-refractivity contribution >= 4 is 5.95 Å². The third kappa shape index (κ3) is 2.34. The van der Waals surface area contributed by atoms with Crippen molar-refractivity contribution in [1.29, 1.82) is 0 Å². The normalized spacial score (nSPS) is 36.1. The molecule has 0 saturated carbocycles. The van der Waals surface area contributed by atoms with Gasteiger partial charge < -0.3 is 15.0 Å². The van der Waals surface area contributed by atoms with Gasteiger partial charge in [-0.3, -0.25) is 5.10 Å². The van der Waals surface area contributed by atoms with Crippen LogP contribution in [-0.4, -0.2) is 53.6 Å². The highest BCUT2D eigenvalue weighted by Crippen LogP contribution is 2.33. The van der Waals surface area contributed by atoms with Crippen LogP contribution in [0, 0.1) is 5.92 Å². The highest BCUT2D eigenvalue weighted by Gasteiger charge is 2.37. The van der Waals surface area contributed by atoms with Crippen LogP contribution in [0.25, 0.3) is 0 Å². The summed E-state index contributed by atoms with van der Waals surface area (Å²) in [6, 6.07) is 0.573. The van der Waals surface area contributed by atoms with Crippen LogP contribution < -0.4 is 10.2 Å². The van der Waals surface area contributed by atoms with Gasteiger partial charge in [0, 0.05) is 38.2 Å². The van der Waals surface area contributed by atoms with Crippen molar-refractivity contribution in [3.05, 3.63) is 5.82 Å². The van der Waals surface area contributed by atoms with E-state index in [1.807, 2.05) is 0 Å². The summed E-state index contributed by atoms with van der Waals surface area (Å²) < 4.78 is 5.78. The lowest BCUT2D eigenvalue weighted by Gasteiger charge is -2.36. The second kappa shape index (κ2) is 5.57. The highest BCUT2D eigenvalue weighted by atomic mass is 16.5. The zero-order valence-electron chi connectivity index (χ0n) is 12.7. The Morgan fingerprint density at radius 3 is 3.19 bits per heavy atom. The number of rotatable bonds is 3. The third-order valence-electron chi connectivity index (χ3n) is 5.39. The first-order chi connectivity index (χ1) is 10.4. The Morgan fingerprint density at radius 1 is 1.33 bits per heavy atom. The van der Waals surface area contributed by atoms with Crippen LogP contribution in [-0.2, 0) is 4.74 Å². The van der Waals surface area contributed by atoms with Crippen molar-refractivity contribution in [2.75, 3.05) is 31.1 Å². The number of fused-ring (bicyclic) bond motifs is 1. The van der Waals surface area contributed by atoms with Crippen LogP contribution in [0.5, 0.6) is 0 Å². The van der Waals surface area contributed by atoms with Gasteiger partial charge in [-0.1, -0.05) is 6.92 Å². The number of H-pyrrole nitrogens is 1. The molecule has 0 bridgehead atoms. The molecule has 116 valence electrons. The summed E-state index contributed by atoms with van der Waals surface area (Å²) in [5, 5.41) is 11.2. The van der Waals surface area contributed by atoms with Gasteiger partial charge in [0.25, 0.3) is 0 Å². The first-order valence-electron chi connectivity index (χ1n) is 8.38. The van der Waals surface area contributed by atoms with Gasteiger partial charge in [0.2, 0.25) is 5.95 Å². The summed E-state index contributed by atoms with van der Waals surface area (Å²) >= 11 is 0. The Morgan fingerprint density at radius 2 is 2.29 bits per heavy atom. The largest absolute Gasteiger partial charge is 0.377 e. The van der Waals surface area contributed by atoms with Gasteiger partial charge in [-0.2, -0.15) is 4.98 Å². The maximum atomic E-state index is 5.78. The van der Waals surface area contributed by atoms with Gasteiger partial charge in [0.1, 0.15) is 5.82 Å². The van der Waals surface area contributed by atoms with Gasteiger partial charge in [0.05, 0.1) is 6.10 Å². The fourth-order valence-electron chi connectivity index (χ4n) is 4.24. The van der Waals surface area contributed by atoms with E-state index in [1.165, 1.54) is 12.8 Å². The van der Waals surface area contributed by atoms with Gasteiger partial charge in [-0.05, 0) is 31.6 Å². The Kier molecular flexibility index (Phi) is 3.59. The van der Waals surface area contributed by atoms with E-state index in [1.54, 1.807) is 0 Å². The molecule has 0 spiro atoms. The minimum Gasteiger partial charge on any atom is -0.377 e. The van der Waals surface area contributed by atoms with Crippen LogP contribution in [0.1, 0.15) is 44.3 Å². The lowest BCUT2D eigenvalue weighted by atomic mass is 9.92. The predicted octanol–water partition coefficient (Wildman–Crippen LogP) is 1.28. The molecular formula is C15H25N5O. The van der Waals surface area contributed by atoms with E-state index in [2.05, 4.69) is 27.3 Å². The number of anilines is 1. The fraction of sp³-hybridized carbons (Fsp3) is 0.867. The van der Waals surface area contributed by atoms with Crippen molar-refractivity contribution in [3.63, 3.8) is 0 Å². The SMILES string of the molecule is CCC1OCCC1c1nc(N2CCCC3CNCC32)n[nH]1. The number of hydrogen-bond donors (Lipinski definition) is 2. The molecule has 3 saturated heterocycles. The minimum atomic E-state index is 0.299. The van der Waals surface area contributed by atoms with Crippen molar-refractivity contribution < 1.29 is 4.74 Å². The molecule has 6 nitrogen and oxygen atoms in total. The monoisotopic (exact) mass is 291 g/mol. The number of ether oxygens (including phenoxy) is 1. The molecule has 0 aliphatic carbocycles. The molecule has 4 rings (SSSR count). The van der Waals surface area contributed by atoms with E-state index in [9.17, 15) is 0 Å². The summed E-state index contributed by atoms with van der Waals surface area (Å²) in [7, 11) is 0. The molecule has 4 heterocycles. The average Bonchev–Trinajstić information content (AvgIpc) is 3.24. The van der Waals surface area contributed by atoms with Crippen molar-refractivity contribution in [3.8, 4) is 0 Å². The molecule has 1 aromatic rings. The zero-order chi connectivity index (χ0) is 14.2. The average molecular weight is 291 g/mol. The van der Waals surface area contributed by atoms with Crippen LogP contribution in [0.2, 0.25) is 0 Å². The fourth-order valence-corrected chi connectivity index (χ4v) is 4.24. The first-order valence-corrected chi connectivity index (χ1v) is 8.38. The van der Waals surface area contributed by atoms with Crippen LogP contribution in [0.3, 0.4) is 0 Å². The molecular weight excluding hydrogens is 266 g/mol. The van der Waals surface area contributed by atoms with E-state index >= 15 is 0 Å². The summed E-state index contributed by atoms with van der Waals surface area (Å²) in [4.78, 5) is 7.23. The number of nitrogens with zero attached hydrogens (tertiary/aromatic N) is 3. The van der Waals surface area contributed by atoms with E-state index in [0.29, 0.717) is 18.1 Å². The van der Waals surface area contributed by atoms with Crippen molar-refractivity contribution in [1.82, 2.24) is 20.5 Å². The van der Waals surface area contributed by atoms with Gasteiger partial charge in [-0.15, -0.1) is 5.10 Å². The third-order valence-corrected chi connectivity index (χ3v) is 5.39. The van der Waals surface area contributed by atoms with Crippen LogP contribution >= 0.6 is 0 Å². The van der Waals surface area contributed by atoms with Crippen LogP contribution in [0.15, 0.2) is 0 Å². The molecule has 3 fully saturated rings. The Hall–Kier alpha value is -1.14. The van der Waals surface area contributed by atoms with Crippen molar-refractivity contribution in [2.45, 2.75) is 50.7 Å².